The SMILES string of the molecule is CC(Br)C(=O)[O-].[K+]. The maximum absolute atomic E-state index is 9.54. The number of halogens is 1. The van der Waals surface area contributed by atoms with E-state index in [-0.39, 0.29) is 51.4 Å². The Balaban J connectivity index is 0. The zero-order valence-corrected chi connectivity index (χ0v) is 8.98. The van der Waals surface area contributed by atoms with Crippen molar-refractivity contribution in [1.82, 2.24) is 0 Å². The number of alkyl halides is 1. The van der Waals surface area contributed by atoms with Crippen molar-refractivity contribution in [2.45, 2.75) is 11.8 Å². The molecule has 7 heavy (non-hydrogen) atoms. The van der Waals surface area contributed by atoms with Gasteiger partial charge in [-0.1, -0.05) is 15.9 Å². The van der Waals surface area contributed by atoms with Crippen LogP contribution >= 0.6 is 15.9 Å². The van der Waals surface area contributed by atoms with Gasteiger partial charge < -0.3 is 9.90 Å². The van der Waals surface area contributed by atoms with Crippen molar-refractivity contribution in [2.75, 3.05) is 0 Å². The summed E-state index contributed by atoms with van der Waals surface area (Å²) >= 11 is 2.78. The summed E-state index contributed by atoms with van der Waals surface area (Å²) in [4.78, 5) is 9.01. The van der Waals surface area contributed by atoms with Crippen LogP contribution < -0.4 is 56.5 Å². The van der Waals surface area contributed by atoms with Crippen molar-refractivity contribution in [2.24, 2.45) is 0 Å². The number of hydrogen-bond acceptors (Lipinski definition) is 2. The molecule has 36 valence electrons. The third kappa shape index (κ3) is 7.59. The predicted molar refractivity (Wildman–Crippen MR) is 23.4 cm³/mol. The van der Waals surface area contributed by atoms with Crippen molar-refractivity contribution in [3.63, 3.8) is 0 Å². The molecule has 4 heteroatoms. The molecule has 0 aliphatic rings. The molecule has 0 aromatic heterocycles. The van der Waals surface area contributed by atoms with Gasteiger partial charge in [0, 0.05) is 0 Å². The van der Waals surface area contributed by atoms with Gasteiger partial charge in [-0.25, -0.2) is 0 Å². The second-order valence-electron chi connectivity index (χ2n) is 0.935. The second kappa shape index (κ2) is 5.72. The zero-order valence-electron chi connectivity index (χ0n) is 4.27. The van der Waals surface area contributed by atoms with Gasteiger partial charge in [0.25, 0.3) is 0 Å². The molecule has 0 amide bonds. The molecule has 0 aromatic rings. The van der Waals surface area contributed by atoms with Crippen LogP contribution in [-0.2, 0) is 4.79 Å². The summed E-state index contributed by atoms with van der Waals surface area (Å²) in [6, 6.07) is 0. The Bertz CT molecular complexity index is 64.0. The normalized spacial score (nSPS) is 11.7. The van der Waals surface area contributed by atoms with Crippen LogP contribution in [0.3, 0.4) is 0 Å². The second-order valence-corrected chi connectivity index (χ2v) is 2.31. The van der Waals surface area contributed by atoms with E-state index in [0.717, 1.165) is 0 Å². The van der Waals surface area contributed by atoms with Crippen molar-refractivity contribution < 1.29 is 61.3 Å². The van der Waals surface area contributed by atoms with Crippen LogP contribution in [0.25, 0.3) is 0 Å². The third-order valence-electron chi connectivity index (χ3n) is 0.325. The number of carboxylic acids is 1. The number of carbonyl (C=O) groups is 1. The molecule has 0 saturated carbocycles. The van der Waals surface area contributed by atoms with E-state index in [4.69, 9.17) is 0 Å². The molecule has 0 aliphatic carbocycles. The van der Waals surface area contributed by atoms with Crippen molar-refractivity contribution >= 4 is 21.9 Å². The number of aliphatic carboxylic acids is 1. The van der Waals surface area contributed by atoms with Crippen LogP contribution in [0.15, 0.2) is 0 Å². The first-order valence-corrected chi connectivity index (χ1v) is 2.41. The Morgan fingerprint density at radius 3 is 2.00 bits per heavy atom. The molecule has 0 spiro atoms. The molecule has 0 heterocycles. The van der Waals surface area contributed by atoms with E-state index in [9.17, 15) is 9.90 Å². The Labute approximate surface area is 93.2 Å². The van der Waals surface area contributed by atoms with E-state index in [0.29, 0.717) is 0 Å². The molecular formula is C3H4BrKO2. The minimum atomic E-state index is -1.07. The summed E-state index contributed by atoms with van der Waals surface area (Å²) in [5.74, 6) is -1.07. The molecule has 0 rings (SSSR count). The van der Waals surface area contributed by atoms with E-state index in [2.05, 4.69) is 15.9 Å². The van der Waals surface area contributed by atoms with Crippen LogP contribution in [0.1, 0.15) is 6.92 Å². The Hall–Kier alpha value is 1.59. The minimum Gasteiger partial charge on any atom is -0.549 e. The van der Waals surface area contributed by atoms with E-state index in [1.165, 1.54) is 6.92 Å². The summed E-state index contributed by atoms with van der Waals surface area (Å²) in [5.41, 5.74) is 0. The molecule has 0 aliphatic heterocycles. The molecule has 0 aromatic carbocycles. The first-order valence-electron chi connectivity index (χ1n) is 1.49. The van der Waals surface area contributed by atoms with Crippen molar-refractivity contribution in [1.29, 1.82) is 0 Å². The van der Waals surface area contributed by atoms with Crippen molar-refractivity contribution in [3.05, 3.63) is 0 Å². The molecule has 2 nitrogen and oxygen atoms in total. The summed E-state index contributed by atoms with van der Waals surface area (Å²) in [6.07, 6.45) is 0. The number of rotatable bonds is 1. The fourth-order valence-corrected chi connectivity index (χ4v) is 0. The van der Waals surface area contributed by atoms with Gasteiger partial charge in [-0.3, -0.25) is 0 Å². The Kier molecular flexibility index (Phi) is 9.31. The Morgan fingerprint density at radius 1 is 1.86 bits per heavy atom. The maximum atomic E-state index is 9.54. The summed E-state index contributed by atoms with van der Waals surface area (Å²) in [6.45, 7) is 1.50. The molecule has 0 bridgehead atoms. The number of carboxylic acid groups (broad SMARTS) is 1. The number of hydrogen-bond donors (Lipinski definition) is 0. The van der Waals surface area contributed by atoms with Crippen LogP contribution in [0, 0.1) is 0 Å². The van der Waals surface area contributed by atoms with Crippen LogP contribution in [0.4, 0.5) is 0 Å². The van der Waals surface area contributed by atoms with Gasteiger partial charge in [0.1, 0.15) is 0 Å². The van der Waals surface area contributed by atoms with E-state index >= 15 is 0 Å². The molecule has 0 radical (unpaired) electrons. The smallest absolute Gasteiger partial charge is 0.549 e. The standard InChI is InChI=1S/C3H5BrO2.K/c1-2(4)3(5)6;/h2H,1H3,(H,5,6);/q;+1/p-1. The minimum absolute atomic E-state index is 0. The van der Waals surface area contributed by atoms with Gasteiger partial charge in [0.2, 0.25) is 0 Å². The number of carbonyl (C=O) groups excluding carboxylic acids is 1. The van der Waals surface area contributed by atoms with Crippen LogP contribution in [-0.4, -0.2) is 10.8 Å². The topological polar surface area (TPSA) is 40.1 Å². The molecule has 0 fully saturated rings. The summed E-state index contributed by atoms with van der Waals surface area (Å²) in [7, 11) is 0. The fraction of sp³-hybridized carbons (Fsp3) is 0.667. The average molecular weight is 191 g/mol. The van der Waals surface area contributed by atoms with Gasteiger partial charge in [-0.15, -0.1) is 0 Å². The molecule has 1 unspecified atom stereocenters. The first-order chi connectivity index (χ1) is 2.64. The maximum Gasteiger partial charge on any atom is 1.00 e. The van der Waals surface area contributed by atoms with Gasteiger partial charge in [0.05, 0.1) is 10.8 Å². The molecule has 0 N–H and O–H groups in total. The van der Waals surface area contributed by atoms with Crippen molar-refractivity contribution in [3.8, 4) is 0 Å². The van der Waals surface area contributed by atoms with Gasteiger partial charge in [-0.05, 0) is 6.92 Å². The van der Waals surface area contributed by atoms with Gasteiger partial charge in [-0.2, -0.15) is 0 Å². The quantitative estimate of drug-likeness (QED) is 0.319. The van der Waals surface area contributed by atoms with E-state index < -0.39 is 10.8 Å². The fourth-order valence-electron chi connectivity index (χ4n) is 0. The zero-order chi connectivity index (χ0) is 5.15. The van der Waals surface area contributed by atoms with E-state index in [1.54, 1.807) is 0 Å². The monoisotopic (exact) mass is 190 g/mol. The van der Waals surface area contributed by atoms with Crippen LogP contribution in [0.5, 0.6) is 0 Å². The van der Waals surface area contributed by atoms with Crippen LogP contribution in [0.2, 0.25) is 0 Å². The van der Waals surface area contributed by atoms with Gasteiger partial charge >= 0.3 is 51.4 Å². The summed E-state index contributed by atoms with van der Waals surface area (Å²) in [5, 5.41) is 9.54. The summed E-state index contributed by atoms with van der Waals surface area (Å²) < 4.78 is 0. The molecule has 1 atom stereocenters. The molecular weight excluding hydrogens is 187 g/mol. The molecule has 0 saturated heterocycles. The van der Waals surface area contributed by atoms with Gasteiger partial charge in [0.15, 0.2) is 0 Å². The third-order valence-corrected chi connectivity index (χ3v) is 0.699. The largest absolute Gasteiger partial charge is 1.00 e. The first kappa shape index (κ1) is 11.4. The van der Waals surface area contributed by atoms with E-state index in [1.807, 2.05) is 0 Å². The Morgan fingerprint density at radius 2 is 2.00 bits per heavy atom. The predicted octanol–water partition coefficient (Wildman–Crippen LogP) is -3.48. The average Bonchev–Trinajstić information content (AvgIpc) is 1.36.